The van der Waals surface area contributed by atoms with Crippen LogP contribution < -0.4 is 4.74 Å². The minimum absolute atomic E-state index is 0.0144. The standard InChI is InChI=1S/C14H18O3/c1-10-5-6-13(16-2)12(8-10)14(15)11-4-3-7-17-9-11/h5-6,8,11H,3-4,7,9H2,1-2H3. The highest BCUT2D eigenvalue weighted by atomic mass is 16.5. The lowest BCUT2D eigenvalue weighted by molar-refractivity contribution is 0.0459. The Morgan fingerprint density at radius 2 is 2.29 bits per heavy atom. The molecule has 0 bridgehead atoms. The Balaban J connectivity index is 2.25. The van der Waals surface area contributed by atoms with Gasteiger partial charge in [0.25, 0.3) is 0 Å². The third-order valence-corrected chi connectivity index (χ3v) is 3.15. The molecule has 1 aromatic rings. The summed E-state index contributed by atoms with van der Waals surface area (Å²) in [6.45, 7) is 3.29. The summed E-state index contributed by atoms with van der Waals surface area (Å²) in [5.41, 5.74) is 1.76. The average Bonchev–Trinajstić information content (AvgIpc) is 2.39. The molecule has 1 aliphatic heterocycles. The van der Waals surface area contributed by atoms with Gasteiger partial charge in [0.05, 0.1) is 19.3 Å². The number of Topliss-reactive ketones (excluding diaryl/α,β-unsaturated/α-hetero) is 1. The molecule has 1 heterocycles. The highest BCUT2D eigenvalue weighted by Crippen LogP contribution is 2.26. The molecule has 0 aromatic heterocycles. The molecule has 0 saturated carbocycles. The Labute approximate surface area is 102 Å². The van der Waals surface area contributed by atoms with Gasteiger partial charge >= 0.3 is 0 Å². The Hall–Kier alpha value is -1.35. The van der Waals surface area contributed by atoms with E-state index in [-0.39, 0.29) is 11.7 Å². The quantitative estimate of drug-likeness (QED) is 0.754. The van der Waals surface area contributed by atoms with E-state index in [1.807, 2.05) is 25.1 Å². The molecular formula is C14H18O3. The summed E-state index contributed by atoms with van der Waals surface area (Å²) in [5, 5.41) is 0. The van der Waals surface area contributed by atoms with Crippen LogP contribution in [0.2, 0.25) is 0 Å². The number of ketones is 1. The molecule has 1 saturated heterocycles. The number of ether oxygens (including phenoxy) is 2. The second-order valence-corrected chi connectivity index (χ2v) is 4.48. The highest BCUT2D eigenvalue weighted by molar-refractivity contribution is 6.00. The van der Waals surface area contributed by atoms with Crippen LogP contribution in [0.1, 0.15) is 28.8 Å². The summed E-state index contributed by atoms with van der Waals surface area (Å²) in [4.78, 5) is 12.4. The minimum atomic E-state index is -0.0144. The van der Waals surface area contributed by atoms with E-state index < -0.39 is 0 Å². The minimum Gasteiger partial charge on any atom is -0.496 e. The van der Waals surface area contributed by atoms with Crippen LogP contribution in [0, 0.1) is 12.8 Å². The summed E-state index contributed by atoms with van der Waals surface area (Å²) in [6, 6.07) is 5.70. The largest absolute Gasteiger partial charge is 0.496 e. The maximum atomic E-state index is 12.4. The van der Waals surface area contributed by atoms with Gasteiger partial charge < -0.3 is 9.47 Å². The Morgan fingerprint density at radius 1 is 1.47 bits per heavy atom. The molecule has 0 amide bonds. The van der Waals surface area contributed by atoms with E-state index in [1.165, 1.54) is 0 Å². The van der Waals surface area contributed by atoms with Gasteiger partial charge in [0.15, 0.2) is 5.78 Å². The van der Waals surface area contributed by atoms with Crippen LogP contribution in [-0.2, 0) is 4.74 Å². The molecule has 0 aliphatic carbocycles. The molecular weight excluding hydrogens is 216 g/mol. The first-order valence-electron chi connectivity index (χ1n) is 5.99. The van der Waals surface area contributed by atoms with Gasteiger partial charge in [-0.1, -0.05) is 11.6 Å². The van der Waals surface area contributed by atoms with Gasteiger partial charge in [-0.2, -0.15) is 0 Å². The molecule has 2 rings (SSSR count). The van der Waals surface area contributed by atoms with E-state index in [9.17, 15) is 4.79 Å². The molecule has 1 fully saturated rings. The fourth-order valence-corrected chi connectivity index (χ4v) is 2.18. The van der Waals surface area contributed by atoms with Gasteiger partial charge in [0, 0.05) is 12.5 Å². The van der Waals surface area contributed by atoms with Crippen LogP contribution in [0.3, 0.4) is 0 Å². The summed E-state index contributed by atoms with van der Waals surface area (Å²) >= 11 is 0. The summed E-state index contributed by atoms with van der Waals surface area (Å²) < 4.78 is 10.6. The predicted molar refractivity (Wildman–Crippen MR) is 65.6 cm³/mol. The Kier molecular flexibility index (Phi) is 3.79. The van der Waals surface area contributed by atoms with Crippen molar-refractivity contribution >= 4 is 5.78 Å². The monoisotopic (exact) mass is 234 g/mol. The van der Waals surface area contributed by atoms with E-state index in [2.05, 4.69) is 0 Å². The zero-order valence-electron chi connectivity index (χ0n) is 10.4. The van der Waals surface area contributed by atoms with Crippen LogP contribution in [0.25, 0.3) is 0 Å². The van der Waals surface area contributed by atoms with E-state index in [0.29, 0.717) is 17.9 Å². The fraction of sp³-hybridized carbons (Fsp3) is 0.500. The highest BCUT2D eigenvalue weighted by Gasteiger charge is 2.25. The van der Waals surface area contributed by atoms with Crippen LogP contribution >= 0.6 is 0 Å². The van der Waals surface area contributed by atoms with Crippen molar-refractivity contribution in [1.29, 1.82) is 0 Å². The van der Waals surface area contributed by atoms with Crippen molar-refractivity contribution in [3.05, 3.63) is 29.3 Å². The van der Waals surface area contributed by atoms with Gasteiger partial charge in [-0.3, -0.25) is 4.79 Å². The number of hydrogen-bond donors (Lipinski definition) is 0. The van der Waals surface area contributed by atoms with Crippen molar-refractivity contribution in [1.82, 2.24) is 0 Å². The van der Waals surface area contributed by atoms with E-state index in [1.54, 1.807) is 7.11 Å². The first-order chi connectivity index (χ1) is 8.22. The maximum absolute atomic E-state index is 12.4. The van der Waals surface area contributed by atoms with Crippen molar-refractivity contribution in [3.8, 4) is 5.75 Å². The van der Waals surface area contributed by atoms with Crippen LogP contribution in [0.5, 0.6) is 5.75 Å². The Morgan fingerprint density at radius 3 is 2.94 bits per heavy atom. The molecule has 0 radical (unpaired) electrons. The molecule has 0 N–H and O–H groups in total. The first-order valence-corrected chi connectivity index (χ1v) is 5.99. The van der Waals surface area contributed by atoms with Crippen molar-refractivity contribution in [2.45, 2.75) is 19.8 Å². The SMILES string of the molecule is COc1ccc(C)cc1C(=O)C1CCCOC1. The topological polar surface area (TPSA) is 35.5 Å². The van der Waals surface area contributed by atoms with E-state index in [4.69, 9.17) is 9.47 Å². The second kappa shape index (κ2) is 5.32. The van der Waals surface area contributed by atoms with Gasteiger partial charge in [-0.15, -0.1) is 0 Å². The van der Waals surface area contributed by atoms with Crippen molar-refractivity contribution in [2.75, 3.05) is 20.3 Å². The molecule has 92 valence electrons. The van der Waals surface area contributed by atoms with E-state index >= 15 is 0 Å². The summed E-state index contributed by atoms with van der Waals surface area (Å²) in [5.74, 6) is 0.788. The number of hydrogen-bond acceptors (Lipinski definition) is 3. The lowest BCUT2D eigenvalue weighted by Crippen LogP contribution is -2.25. The van der Waals surface area contributed by atoms with Gasteiger partial charge in [0.2, 0.25) is 0 Å². The third-order valence-electron chi connectivity index (χ3n) is 3.15. The molecule has 17 heavy (non-hydrogen) atoms. The van der Waals surface area contributed by atoms with E-state index in [0.717, 1.165) is 25.0 Å². The number of benzene rings is 1. The lowest BCUT2D eigenvalue weighted by Gasteiger charge is -2.21. The van der Waals surface area contributed by atoms with Crippen molar-refractivity contribution in [3.63, 3.8) is 0 Å². The second-order valence-electron chi connectivity index (χ2n) is 4.48. The maximum Gasteiger partial charge on any atom is 0.171 e. The van der Waals surface area contributed by atoms with Crippen molar-refractivity contribution < 1.29 is 14.3 Å². The smallest absolute Gasteiger partial charge is 0.171 e. The molecule has 0 spiro atoms. The molecule has 1 unspecified atom stereocenters. The number of carbonyl (C=O) groups is 1. The fourth-order valence-electron chi connectivity index (χ4n) is 2.18. The zero-order chi connectivity index (χ0) is 12.3. The van der Waals surface area contributed by atoms with Crippen LogP contribution in [0.4, 0.5) is 0 Å². The van der Waals surface area contributed by atoms with Gasteiger partial charge in [-0.05, 0) is 31.9 Å². The van der Waals surface area contributed by atoms with Gasteiger partial charge in [-0.25, -0.2) is 0 Å². The molecule has 3 heteroatoms. The third kappa shape index (κ3) is 2.67. The normalized spacial score (nSPS) is 20.0. The molecule has 1 aliphatic rings. The van der Waals surface area contributed by atoms with Crippen LogP contribution in [-0.4, -0.2) is 26.1 Å². The van der Waals surface area contributed by atoms with Gasteiger partial charge in [0.1, 0.15) is 5.75 Å². The number of aryl methyl sites for hydroxylation is 1. The zero-order valence-corrected chi connectivity index (χ0v) is 10.4. The molecule has 3 nitrogen and oxygen atoms in total. The lowest BCUT2D eigenvalue weighted by atomic mass is 9.91. The van der Waals surface area contributed by atoms with Crippen molar-refractivity contribution in [2.24, 2.45) is 5.92 Å². The summed E-state index contributed by atoms with van der Waals surface area (Å²) in [6.07, 6.45) is 1.88. The molecule has 1 atom stereocenters. The summed E-state index contributed by atoms with van der Waals surface area (Å²) in [7, 11) is 1.60. The number of rotatable bonds is 3. The number of methoxy groups -OCH3 is 1. The van der Waals surface area contributed by atoms with Crippen LogP contribution in [0.15, 0.2) is 18.2 Å². The first kappa shape index (κ1) is 12.1. The Bertz CT molecular complexity index is 406. The predicted octanol–water partition coefficient (Wildman–Crippen LogP) is 2.61. The average molecular weight is 234 g/mol. The molecule has 1 aromatic carbocycles. The number of carbonyl (C=O) groups excluding carboxylic acids is 1.